The quantitative estimate of drug-likeness (QED) is 0.351. The van der Waals surface area contributed by atoms with Gasteiger partial charge in [0.25, 0.3) is 0 Å². The maximum Gasteiger partial charge on any atom is 0.349 e. The second-order valence-corrected chi connectivity index (χ2v) is 9.33. The van der Waals surface area contributed by atoms with Crippen molar-refractivity contribution in [2.75, 3.05) is 6.61 Å². The van der Waals surface area contributed by atoms with E-state index in [2.05, 4.69) is 0 Å². The molecule has 0 aliphatic rings. The lowest BCUT2D eigenvalue weighted by Crippen LogP contribution is -2.39. The first-order valence-electron chi connectivity index (χ1n) is 11.4. The number of nitrogens with zero attached hydrogens (tertiary/aromatic N) is 1. The van der Waals surface area contributed by atoms with E-state index in [1.54, 1.807) is 45.0 Å². The van der Waals surface area contributed by atoms with Crippen molar-refractivity contribution >= 4 is 5.97 Å². The number of carbonyl (C=O) groups is 1. The molecular formula is C28H33NO5. The van der Waals surface area contributed by atoms with Gasteiger partial charge in [-0.25, -0.2) is 9.78 Å². The van der Waals surface area contributed by atoms with Crippen LogP contribution in [0.25, 0.3) is 11.3 Å². The molecule has 0 saturated heterocycles. The van der Waals surface area contributed by atoms with E-state index in [0.29, 0.717) is 30.6 Å². The molecule has 0 spiro atoms. The molecule has 0 N–H and O–H groups in total. The molecule has 0 bridgehead atoms. The third kappa shape index (κ3) is 6.98. The van der Waals surface area contributed by atoms with Crippen molar-refractivity contribution < 1.29 is 23.7 Å². The Kier molecular flexibility index (Phi) is 7.82. The highest BCUT2D eigenvalue weighted by Gasteiger charge is 2.31. The third-order valence-corrected chi connectivity index (χ3v) is 4.77. The summed E-state index contributed by atoms with van der Waals surface area (Å²) in [5, 5.41) is 0. The molecular weight excluding hydrogens is 430 g/mol. The summed E-state index contributed by atoms with van der Waals surface area (Å²) in [4.78, 5) is 16.8. The lowest BCUT2D eigenvalue weighted by atomic mass is 10.1. The molecule has 6 heteroatoms. The van der Waals surface area contributed by atoms with Crippen LogP contribution < -0.4 is 14.2 Å². The first kappa shape index (κ1) is 25.1. The summed E-state index contributed by atoms with van der Waals surface area (Å²) < 4.78 is 23.0. The van der Waals surface area contributed by atoms with Crippen LogP contribution in [-0.4, -0.2) is 28.8 Å². The molecule has 2 aromatic carbocycles. The van der Waals surface area contributed by atoms with Gasteiger partial charge >= 0.3 is 5.97 Å². The van der Waals surface area contributed by atoms with Gasteiger partial charge < -0.3 is 18.9 Å². The summed E-state index contributed by atoms with van der Waals surface area (Å²) >= 11 is 0. The van der Waals surface area contributed by atoms with Crippen molar-refractivity contribution in [1.29, 1.82) is 0 Å². The van der Waals surface area contributed by atoms with Crippen LogP contribution in [0.4, 0.5) is 0 Å². The van der Waals surface area contributed by atoms with Gasteiger partial charge in [0.05, 0.1) is 17.9 Å². The minimum atomic E-state index is -1.08. The summed E-state index contributed by atoms with van der Waals surface area (Å²) in [5.74, 6) is 1.35. The summed E-state index contributed by atoms with van der Waals surface area (Å²) in [5.41, 5.74) is 1.23. The van der Waals surface area contributed by atoms with Crippen LogP contribution in [0.15, 0.2) is 66.7 Å². The van der Waals surface area contributed by atoms with E-state index in [0.717, 1.165) is 16.8 Å². The van der Waals surface area contributed by atoms with Crippen LogP contribution in [0.1, 0.15) is 47.1 Å². The van der Waals surface area contributed by atoms with Crippen molar-refractivity contribution in [3.63, 3.8) is 0 Å². The van der Waals surface area contributed by atoms with Gasteiger partial charge in [0.15, 0.2) is 5.60 Å². The normalized spacial score (nSPS) is 11.6. The number of esters is 1. The molecule has 6 nitrogen and oxygen atoms in total. The predicted octanol–water partition coefficient (Wildman–Crippen LogP) is 6.23. The Morgan fingerprint density at radius 2 is 1.47 bits per heavy atom. The Bertz CT molecular complexity index is 1090. The van der Waals surface area contributed by atoms with Crippen molar-refractivity contribution in [1.82, 2.24) is 4.98 Å². The average Bonchev–Trinajstić information content (AvgIpc) is 2.78. The Morgan fingerprint density at radius 1 is 0.824 bits per heavy atom. The van der Waals surface area contributed by atoms with E-state index in [4.69, 9.17) is 23.9 Å². The molecule has 0 aliphatic heterocycles. The minimum absolute atomic E-state index is 0.294. The fourth-order valence-corrected chi connectivity index (χ4v) is 3.13. The number of hydrogen-bond donors (Lipinski definition) is 0. The van der Waals surface area contributed by atoms with Crippen molar-refractivity contribution in [2.24, 2.45) is 0 Å². The highest BCUT2D eigenvalue weighted by molar-refractivity contribution is 5.79. The molecule has 180 valence electrons. The fourth-order valence-electron chi connectivity index (χ4n) is 3.13. The average molecular weight is 464 g/mol. The molecule has 0 saturated carbocycles. The molecule has 34 heavy (non-hydrogen) atoms. The van der Waals surface area contributed by atoms with Crippen molar-refractivity contribution in [3.05, 3.63) is 72.3 Å². The predicted molar refractivity (Wildman–Crippen MR) is 132 cm³/mol. The monoisotopic (exact) mass is 463 g/mol. The van der Waals surface area contributed by atoms with Gasteiger partial charge in [-0.05, 0) is 77.9 Å². The Labute approximate surface area is 201 Å². The van der Waals surface area contributed by atoms with Gasteiger partial charge in [-0.2, -0.15) is 0 Å². The van der Waals surface area contributed by atoms with E-state index < -0.39 is 17.2 Å². The fraction of sp³-hybridized carbons (Fsp3) is 0.357. The highest BCUT2D eigenvalue weighted by atomic mass is 16.6. The second-order valence-electron chi connectivity index (χ2n) is 9.33. The number of aromatic nitrogens is 1. The van der Waals surface area contributed by atoms with Crippen molar-refractivity contribution in [3.8, 4) is 28.6 Å². The first-order chi connectivity index (χ1) is 16.1. The zero-order valence-corrected chi connectivity index (χ0v) is 20.8. The van der Waals surface area contributed by atoms with Gasteiger partial charge in [0.2, 0.25) is 5.88 Å². The van der Waals surface area contributed by atoms with E-state index in [-0.39, 0.29) is 0 Å². The molecule has 0 atom stereocenters. The minimum Gasteiger partial charge on any atom is -0.489 e. The maximum absolute atomic E-state index is 12.1. The smallest absolute Gasteiger partial charge is 0.349 e. The van der Waals surface area contributed by atoms with Gasteiger partial charge in [-0.1, -0.05) is 30.3 Å². The summed E-state index contributed by atoms with van der Waals surface area (Å²) in [7, 11) is 0. The lowest BCUT2D eigenvalue weighted by Gasteiger charge is -2.24. The Hall–Kier alpha value is -3.54. The molecule has 0 unspecified atom stereocenters. The molecule has 3 rings (SSSR count). The standard InChI is InChI=1S/C28H33NO5/c1-7-31-26(30)28(5,6)33-23-16-14-22(15-17-23)32-19-21-13-18-24(20-11-9-8-10-12-20)29-25(21)34-27(2,3)4/h8-18H,7,19H2,1-6H3. The van der Waals surface area contributed by atoms with Crippen LogP contribution in [0.5, 0.6) is 17.4 Å². The summed E-state index contributed by atoms with van der Waals surface area (Å²) in [6, 6.07) is 21.1. The molecule has 1 heterocycles. The number of carbonyl (C=O) groups excluding carboxylic acids is 1. The number of pyridine rings is 1. The van der Waals surface area contributed by atoms with Gasteiger partial charge in [0, 0.05) is 5.56 Å². The first-order valence-corrected chi connectivity index (χ1v) is 11.4. The van der Waals surface area contributed by atoms with Crippen LogP contribution >= 0.6 is 0 Å². The van der Waals surface area contributed by atoms with Gasteiger partial charge in [-0.3, -0.25) is 0 Å². The number of ether oxygens (including phenoxy) is 4. The van der Waals surface area contributed by atoms with E-state index in [9.17, 15) is 4.79 Å². The second kappa shape index (κ2) is 10.6. The molecule has 0 amide bonds. The lowest BCUT2D eigenvalue weighted by molar-refractivity contribution is -0.158. The van der Waals surface area contributed by atoms with E-state index in [1.807, 2.05) is 63.2 Å². The maximum atomic E-state index is 12.1. The number of hydrogen-bond acceptors (Lipinski definition) is 6. The van der Waals surface area contributed by atoms with Gasteiger partial charge in [0.1, 0.15) is 23.7 Å². The molecule has 0 aliphatic carbocycles. The van der Waals surface area contributed by atoms with Crippen LogP contribution in [-0.2, 0) is 16.1 Å². The van der Waals surface area contributed by atoms with E-state index in [1.165, 1.54) is 0 Å². The molecule has 0 fully saturated rings. The molecule has 0 radical (unpaired) electrons. The summed E-state index contributed by atoms with van der Waals surface area (Å²) in [6.45, 7) is 11.7. The third-order valence-electron chi connectivity index (χ3n) is 4.77. The van der Waals surface area contributed by atoms with Crippen LogP contribution in [0.3, 0.4) is 0 Å². The zero-order valence-electron chi connectivity index (χ0n) is 20.8. The van der Waals surface area contributed by atoms with Gasteiger partial charge in [-0.15, -0.1) is 0 Å². The van der Waals surface area contributed by atoms with E-state index >= 15 is 0 Å². The molecule has 3 aromatic rings. The van der Waals surface area contributed by atoms with Crippen LogP contribution in [0, 0.1) is 0 Å². The number of rotatable bonds is 9. The van der Waals surface area contributed by atoms with Crippen LogP contribution in [0.2, 0.25) is 0 Å². The molecule has 1 aromatic heterocycles. The summed E-state index contributed by atoms with van der Waals surface area (Å²) in [6.07, 6.45) is 0. The van der Waals surface area contributed by atoms with Crippen molar-refractivity contribution in [2.45, 2.75) is 59.4 Å². The highest BCUT2D eigenvalue weighted by Crippen LogP contribution is 2.28. The SMILES string of the molecule is CCOC(=O)C(C)(C)Oc1ccc(OCc2ccc(-c3ccccc3)nc2OC(C)(C)C)cc1. The number of benzene rings is 2. The Balaban J connectivity index is 1.72. The largest absolute Gasteiger partial charge is 0.489 e. The Morgan fingerprint density at radius 3 is 2.09 bits per heavy atom. The zero-order chi connectivity index (χ0) is 24.8. The topological polar surface area (TPSA) is 66.9 Å².